The van der Waals surface area contributed by atoms with E-state index in [4.69, 9.17) is 25.8 Å². The third kappa shape index (κ3) is 5.35. The van der Waals surface area contributed by atoms with Crippen LogP contribution in [0.15, 0.2) is 41.3 Å². The summed E-state index contributed by atoms with van der Waals surface area (Å²) < 4.78 is 44.1. The van der Waals surface area contributed by atoms with E-state index in [9.17, 15) is 13.2 Å². The van der Waals surface area contributed by atoms with Crippen LogP contribution in [0.25, 0.3) is 0 Å². The Morgan fingerprint density at radius 2 is 1.85 bits per heavy atom. The number of fused-ring (bicyclic) bond motifs is 1. The number of methoxy groups -OCH3 is 1. The van der Waals surface area contributed by atoms with Crippen molar-refractivity contribution in [1.82, 2.24) is 14.5 Å². The van der Waals surface area contributed by atoms with Crippen LogP contribution in [0.1, 0.15) is 12.5 Å². The smallest absolute Gasteiger partial charge is 0.245 e. The average molecular weight is 496 g/mol. The predicted octanol–water partition coefficient (Wildman–Crippen LogP) is 2.09. The molecule has 0 aliphatic carbocycles. The highest BCUT2D eigenvalue weighted by Gasteiger charge is 2.30. The quantitative estimate of drug-likeness (QED) is 0.628. The van der Waals surface area contributed by atoms with Crippen LogP contribution in [0.3, 0.4) is 0 Å². The number of carbonyl (C=O) groups is 1. The van der Waals surface area contributed by atoms with Gasteiger partial charge in [0.25, 0.3) is 0 Å². The second kappa shape index (κ2) is 9.76. The minimum Gasteiger partial charge on any atom is -0.495 e. The Labute approximate surface area is 198 Å². The molecule has 1 N–H and O–H groups in total. The molecule has 0 radical (unpaired) electrons. The summed E-state index contributed by atoms with van der Waals surface area (Å²) in [5.74, 6) is 1.38. The lowest BCUT2D eigenvalue weighted by Crippen LogP contribution is -2.53. The maximum Gasteiger partial charge on any atom is 0.245 e. The van der Waals surface area contributed by atoms with Gasteiger partial charge in [-0.1, -0.05) is 17.7 Å². The van der Waals surface area contributed by atoms with E-state index >= 15 is 0 Å². The fourth-order valence-electron chi connectivity index (χ4n) is 3.90. The molecule has 2 aromatic carbocycles. The largest absolute Gasteiger partial charge is 0.495 e. The molecule has 0 saturated carbocycles. The second-order valence-corrected chi connectivity index (χ2v) is 10.0. The Hall–Kier alpha value is -2.53. The van der Waals surface area contributed by atoms with Gasteiger partial charge in [-0.15, -0.1) is 0 Å². The third-order valence-corrected chi connectivity index (χ3v) is 7.44. The number of nitrogens with zero attached hydrogens (tertiary/aromatic N) is 2. The predicted molar refractivity (Wildman–Crippen MR) is 122 cm³/mol. The van der Waals surface area contributed by atoms with Crippen molar-refractivity contribution in [1.29, 1.82) is 0 Å². The molecule has 0 unspecified atom stereocenters. The third-order valence-electron chi connectivity index (χ3n) is 5.64. The molecule has 2 heterocycles. The number of hydrogen-bond donors (Lipinski definition) is 1. The van der Waals surface area contributed by atoms with Crippen molar-refractivity contribution in [2.75, 3.05) is 40.1 Å². The number of halogens is 1. The lowest BCUT2D eigenvalue weighted by Gasteiger charge is -2.36. The zero-order chi connectivity index (χ0) is 23.6. The minimum absolute atomic E-state index is 0.106. The number of rotatable bonds is 7. The zero-order valence-electron chi connectivity index (χ0n) is 18.4. The Bertz CT molecular complexity index is 1130. The number of nitrogens with one attached hydrogen (secondary N) is 1. The van der Waals surface area contributed by atoms with Gasteiger partial charge in [0.15, 0.2) is 11.5 Å². The monoisotopic (exact) mass is 495 g/mol. The summed E-state index contributed by atoms with van der Waals surface area (Å²) in [4.78, 5) is 16.7. The first-order valence-corrected chi connectivity index (χ1v) is 12.4. The first kappa shape index (κ1) is 23.6. The van der Waals surface area contributed by atoms with Crippen LogP contribution in [-0.4, -0.2) is 70.2 Å². The SMILES string of the molecule is COc1ccc(Cl)cc1S(=O)(=O)N[C@H](C)C(=O)N1CCN(Cc2ccc3c(c2)OCO3)CC1. The minimum atomic E-state index is -4.00. The lowest BCUT2D eigenvalue weighted by atomic mass is 10.1. The number of benzene rings is 2. The first-order chi connectivity index (χ1) is 15.8. The Morgan fingerprint density at radius 1 is 1.12 bits per heavy atom. The van der Waals surface area contributed by atoms with E-state index < -0.39 is 16.1 Å². The molecular weight excluding hydrogens is 470 g/mol. The van der Waals surface area contributed by atoms with E-state index in [-0.39, 0.29) is 28.4 Å². The summed E-state index contributed by atoms with van der Waals surface area (Å²) in [5, 5.41) is 0.258. The van der Waals surface area contributed by atoms with Crippen molar-refractivity contribution < 1.29 is 27.4 Å². The van der Waals surface area contributed by atoms with Crippen LogP contribution in [0, 0.1) is 0 Å². The molecule has 2 aromatic rings. The number of hydrogen-bond acceptors (Lipinski definition) is 7. The standard InChI is InChI=1S/C22H26ClN3O6S/c1-15(24-33(28,29)21-12-17(23)4-6-19(21)30-2)22(27)26-9-7-25(8-10-26)13-16-3-5-18-20(11-16)32-14-31-18/h3-6,11-12,15,24H,7-10,13-14H2,1-2H3/t15-/m1/s1. The summed E-state index contributed by atoms with van der Waals surface area (Å²) in [6, 6.07) is 9.26. The Morgan fingerprint density at radius 3 is 2.58 bits per heavy atom. The van der Waals surface area contributed by atoms with Gasteiger partial charge in [0.1, 0.15) is 10.6 Å². The molecule has 33 heavy (non-hydrogen) atoms. The molecule has 0 bridgehead atoms. The Kier molecular flexibility index (Phi) is 6.99. The molecule has 178 valence electrons. The van der Waals surface area contributed by atoms with Crippen LogP contribution >= 0.6 is 11.6 Å². The average Bonchev–Trinajstić information content (AvgIpc) is 3.27. The van der Waals surface area contributed by atoms with Crippen LogP contribution in [0.5, 0.6) is 17.2 Å². The molecule has 1 atom stereocenters. The highest BCUT2D eigenvalue weighted by molar-refractivity contribution is 7.89. The van der Waals surface area contributed by atoms with Gasteiger partial charge in [-0.3, -0.25) is 9.69 Å². The molecule has 9 nitrogen and oxygen atoms in total. The van der Waals surface area contributed by atoms with Crippen molar-refractivity contribution in [3.63, 3.8) is 0 Å². The van der Waals surface area contributed by atoms with Gasteiger partial charge in [-0.05, 0) is 42.8 Å². The van der Waals surface area contributed by atoms with E-state index in [0.717, 1.165) is 23.6 Å². The summed E-state index contributed by atoms with van der Waals surface area (Å²) in [5.41, 5.74) is 1.11. The molecular formula is C22H26ClN3O6S. The molecule has 0 spiro atoms. The van der Waals surface area contributed by atoms with Crippen LogP contribution < -0.4 is 18.9 Å². The van der Waals surface area contributed by atoms with Crippen molar-refractivity contribution >= 4 is 27.5 Å². The van der Waals surface area contributed by atoms with E-state index in [1.54, 1.807) is 4.90 Å². The number of ether oxygens (including phenoxy) is 3. The molecule has 0 aromatic heterocycles. The van der Waals surface area contributed by atoms with Crippen molar-refractivity contribution in [3.05, 3.63) is 47.0 Å². The van der Waals surface area contributed by atoms with Crippen LogP contribution in [0.4, 0.5) is 0 Å². The maximum atomic E-state index is 12.9. The highest BCUT2D eigenvalue weighted by atomic mass is 35.5. The van der Waals surface area contributed by atoms with Gasteiger partial charge in [0, 0.05) is 37.7 Å². The molecule has 2 aliphatic rings. The van der Waals surface area contributed by atoms with E-state index in [1.807, 2.05) is 18.2 Å². The van der Waals surface area contributed by atoms with Crippen LogP contribution in [0.2, 0.25) is 5.02 Å². The second-order valence-electron chi connectivity index (χ2n) is 7.93. The summed E-state index contributed by atoms with van der Waals surface area (Å²) in [6.07, 6.45) is 0. The summed E-state index contributed by atoms with van der Waals surface area (Å²) in [7, 11) is -2.63. The molecule has 1 fully saturated rings. The number of piperazine rings is 1. The zero-order valence-corrected chi connectivity index (χ0v) is 20.0. The van der Waals surface area contributed by atoms with E-state index in [0.29, 0.717) is 26.2 Å². The van der Waals surface area contributed by atoms with Gasteiger partial charge in [0.05, 0.1) is 13.2 Å². The van der Waals surface area contributed by atoms with Crippen LogP contribution in [-0.2, 0) is 21.4 Å². The van der Waals surface area contributed by atoms with E-state index in [1.165, 1.54) is 32.2 Å². The van der Waals surface area contributed by atoms with Crippen molar-refractivity contribution in [2.24, 2.45) is 0 Å². The van der Waals surface area contributed by atoms with Gasteiger partial charge >= 0.3 is 0 Å². The normalized spacial score (nSPS) is 17.1. The van der Waals surface area contributed by atoms with Crippen molar-refractivity contribution in [3.8, 4) is 17.2 Å². The van der Waals surface area contributed by atoms with Gasteiger partial charge in [-0.2, -0.15) is 4.72 Å². The number of amides is 1. The van der Waals surface area contributed by atoms with Gasteiger partial charge in [0.2, 0.25) is 22.7 Å². The Balaban J connectivity index is 1.33. The van der Waals surface area contributed by atoms with Crippen molar-refractivity contribution in [2.45, 2.75) is 24.4 Å². The first-order valence-electron chi connectivity index (χ1n) is 10.5. The molecule has 2 aliphatic heterocycles. The molecule has 4 rings (SSSR count). The lowest BCUT2D eigenvalue weighted by molar-refractivity contribution is -0.134. The van der Waals surface area contributed by atoms with Gasteiger partial charge in [-0.25, -0.2) is 8.42 Å². The summed E-state index contributed by atoms with van der Waals surface area (Å²) >= 11 is 5.96. The molecule has 11 heteroatoms. The number of carbonyl (C=O) groups excluding carboxylic acids is 1. The topological polar surface area (TPSA) is 97.4 Å². The fourth-order valence-corrected chi connectivity index (χ4v) is 5.53. The fraction of sp³-hybridized carbons (Fsp3) is 0.409. The highest BCUT2D eigenvalue weighted by Crippen LogP contribution is 2.33. The molecule has 1 saturated heterocycles. The van der Waals surface area contributed by atoms with E-state index in [2.05, 4.69) is 9.62 Å². The summed E-state index contributed by atoms with van der Waals surface area (Å²) in [6.45, 7) is 4.90. The maximum absolute atomic E-state index is 12.9. The van der Waals surface area contributed by atoms with Gasteiger partial charge < -0.3 is 19.1 Å². The number of sulfonamides is 1. The molecule has 1 amide bonds.